The molecule has 0 spiro atoms. The molecule has 0 radical (unpaired) electrons. The number of carbonyl (C=O) groups is 2. The molecule has 0 aliphatic carbocycles. The number of nitrogens with zero attached hydrogens (tertiary/aromatic N) is 2. The number of nitrogens with one attached hydrogen (secondary N) is 1. The molecule has 2 aromatic rings. The Morgan fingerprint density at radius 3 is 2.64 bits per heavy atom. The molecular weight excluding hydrogens is 370 g/mol. The normalized spacial score (nSPS) is 13.0. The van der Waals surface area contributed by atoms with Crippen LogP contribution in [0.3, 0.4) is 0 Å². The third kappa shape index (κ3) is 5.52. The van der Waals surface area contributed by atoms with E-state index < -0.39 is 0 Å². The highest BCUT2D eigenvalue weighted by Gasteiger charge is 2.22. The lowest BCUT2D eigenvalue weighted by Crippen LogP contribution is -2.36. The van der Waals surface area contributed by atoms with Gasteiger partial charge in [-0.25, -0.2) is 0 Å². The van der Waals surface area contributed by atoms with E-state index in [2.05, 4.69) is 22.3 Å². The molecule has 1 aliphatic heterocycles. The largest absolute Gasteiger partial charge is 0.375 e. The van der Waals surface area contributed by atoms with E-state index in [1.165, 1.54) is 5.69 Å². The standard InChI is InChI=1S/C22H27N3O2S/c1-24(18-8-3-2-4-9-18)15-7-14-23-21(26)12-13-22(27)25-16-17-28-20-11-6-5-10-19(20)25/h2-6,8-11H,7,12-17H2,1H3,(H,23,26). The average Bonchev–Trinajstić information content (AvgIpc) is 2.75. The maximum atomic E-state index is 12.6. The molecule has 2 amide bonds. The van der Waals surface area contributed by atoms with Crippen molar-refractivity contribution in [1.29, 1.82) is 0 Å². The predicted octanol–water partition coefficient (Wildman–Crippen LogP) is 3.55. The number of hydrogen-bond acceptors (Lipinski definition) is 4. The summed E-state index contributed by atoms with van der Waals surface area (Å²) < 4.78 is 0. The van der Waals surface area contributed by atoms with Crippen LogP contribution in [0.1, 0.15) is 19.3 Å². The minimum Gasteiger partial charge on any atom is -0.375 e. The molecule has 0 saturated carbocycles. The van der Waals surface area contributed by atoms with Gasteiger partial charge in [-0.2, -0.15) is 0 Å². The SMILES string of the molecule is CN(CCCNC(=O)CCC(=O)N1CCSc2ccccc21)c1ccccc1. The number of thioether (sulfide) groups is 1. The van der Waals surface area contributed by atoms with Gasteiger partial charge in [0.15, 0.2) is 0 Å². The number of anilines is 2. The molecule has 5 nitrogen and oxygen atoms in total. The maximum absolute atomic E-state index is 12.6. The molecule has 0 bridgehead atoms. The first-order chi connectivity index (χ1) is 13.6. The number of amides is 2. The van der Waals surface area contributed by atoms with Crippen LogP contribution in [0.5, 0.6) is 0 Å². The van der Waals surface area contributed by atoms with Crippen LogP contribution in [-0.4, -0.2) is 44.2 Å². The molecule has 1 N–H and O–H groups in total. The van der Waals surface area contributed by atoms with Crippen molar-refractivity contribution in [2.75, 3.05) is 42.2 Å². The van der Waals surface area contributed by atoms with Gasteiger partial charge >= 0.3 is 0 Å². The third-order valence-electron chi connectivity index (χ3n) is 4.78. The first-order valence-electron chi connectivity index (χ1n) is 9.70. The summed E-state index contributed by atoms with van der Waals surface area (Å²) in [6.07, 6.45) is 1.34. The van der Waals surface area contributed by atoms with Gasteiger partial charge in [-0.05, 0) is 30.7 Å². The quantitative estimate of drug-likeness (QED) is 0.692. The van der Waals surface area contributed by atoms with Gasteiger partial charge in [0.05, 0.1) is 5.69 Å². The Kier molecular flexibility index (Phi) is 7.37. The van der Waals surface area contributed by atoms with Gasteiger partial charge in [0, 0.05) is 55.9 Å². The number of carbonyl (C=O) groups excluding carboxylic acids is 2. The van der Waals surface area contributed by atoms with E-state index >= 15 is 0 Å². The van der Waals surface area contributed by atoms with E-state index in [4.69, 9.17) is 0 Å². The first-order valence-corrected chi connectivity index (χ1v) is 10.7. The highest BCUT2D eigenvalue weighted by molar-refractivity contribution is 7.99. The van der Waals surface area contributed by atoms with Crippen molar-refractivity contribution < 1.29 is 9.59 Å². The van der Waals surface area contributed by atoms with Crippen LogP contribution < -0.4 is 15.1 Å². The second kappa shape index (κ2) is 10.2. The van der Waals surface area contributed by atoms with Gasteiger partial charge < -0.3 is 15.1 Å². The van der Waals surface area contributed by atoms with Crippen molar-refractivity contribution in [2.24, 2.45) is 0 Å². The Morgan fingerprint density at radius 2 is 1.82 bits per heavy atom. The highest BCUT2D eigenvalue weighted by atomic mass is 32.2. The summed E-state index contributed by atoms with van der Waals surface area (Å²) in [6, 6.07) is 18.1. The van der Waals surface area contributed by atoms with E-state index in [0.29, 0.717) is 13.1 Å². The average molecular weight is 398 g/mol. The van der Waals surface area contributed by atoms with Crippen molar-refractivity contribution >= 4 is 35.0 Å². The fraction of sp³-hybridized carbons (Fsp3) is 0.364. The molecule has 1 heterocycles. The van der Waals surface area contributed by atoms with E-state index in [0.717, 1.165) is 29.3 Å². The summed E-state index contributed by atoms with van der Waals surface area (Å²) in [4.78, 5) is 29.8. The second-order valence-corrected chi connectivity index (χ2v) is 7.96. The maximum Gasteiger partial charge on any atom is 0.227 e. The molecule has 0 atom stereocenters. The lowest BCUT2D eigenvalue weighted by molar-refractivity contribution is -0.125. The Morgan fingerprint density at radius 1 is 1.07 bits per heavy atom. The van der Waals surface area contributed by atoms with Crippen molar-refractivity contribution in [3.8, 4) is 0 Å². The van der Waals surface area contributed by atoms with Gasteiger partial charge in [0.25, 0.3) is 0 Å². The summed E-state index contributed by atoms with van der Waals surface area (Å²) >= 11 is 1.77. The Labute approximate surface area is 171 Å². The predicted molar refractivity (Wildman–Crippen MR) is 116 cm³/mol. The van der Waals surface area contributed by atoms with Crippen LogP contribution in [0.2, 0.25) is 0 Å². The molecule has 1 aliphatic rings. The van der Waals surface area contributed by atoms with Crippen LogP contribution in [0.4, 0.5) is 11.4 Å². The summed E-state index contributed by atoms with van der Waals surface area (Å²) in [5.74, 6) is 0.853. The molecule has 0 saturated heterocycles. The summed E-state index contributed by atoms with van der Waals surface area (Å²) in [7, 11) is 2.05. The van der Waals surface area contributed by atoms with E-state index in [-0.39, 0.29) is 24.7 Å². The number of hydrogen-bond donors (Lipinski definition) is 1. The van der Waals surface area contributed by atoms with Gasteiger partial charge in [0.2, 0.25) is 11.8 Å². The number of rotatable bonds is 8. The third-order valence-corrected chi connectivity index (χ3v) is 5.83. The van der Waals surface area contributed by atoms with Crippen LogP contribution in [0.15, 0.2) is 59.5 Å². The van der Waals surface area contributed by atoms with Crippen molar-refractivity contribution in [3.63, 3.8) is 0 Å². The minimum atomic E-state index is -0.0598. The van der Waals surface area contributed by atoms with Crippen molar-refractivity contribution in [2.45, 2.75) is 24.2 Å². The molecular formula is C22H27N3O2S. The number of benzene rings is 2. The van der Waals surface area contributed by atoms with E-state index in [1.54, 1.807) is 11.8 Å². The van der Waals surface area contributed by atoms with Crippen LogP contribution in [-0.2, 0) is 9.59 Å². The lowest BCUT2D eigenvalue weighted by Gasteiger charge is -2.29. The monoisotopic (exact) mass is 397 g/mol. The van der Waals surface area contributed by atoms with E-state index in [9.17, 15) is 9.59 Å². The van der Waals surface area contributed by atoms with Gasteiger partial charge in [-0.3, -0.25) is 9.59 Å². The number of fused-ring (bicyclic) bond motifs is 1. The fourth-order valence-electron chi connectivity index (χ4n) is 3.23. The Hall–Kier alpha value is -2.47. The molecule has 3 rings (SSSR count). The molecule has 2 aromatic carbocycles. The van der Waals surface area contributed by atoms with Crippen molar-refractivity contribution in [3.05, 3.63) is 54.6 Å². The molecule has 0 fully saturated rings. The lowest BCUT2D eigenvalue weighted by atomic mass is 10.2. The van der Waals surface area contributed by atoms with Crippen LogP contribution in [0.25, 0.3) is 0 Å². The molecule has 0 aromatic heterocycles. The smallest absolute Gasteiger partial charge is 0.227 e. The van der Waals surface area contributed by atoms with Gasteiger partial charge in [-0.1, -0.05) is 30.3 Å². The molecule has 0 unspecified atom stereocenters. The van der Waals surface area contributed by atoms with Crippen LogP contribution >= 0.6 is 11.8 Å². The molecule has 148 valence electrons. The highest BCUT2D eigenvalue weighted by Crippen LogP contribution is 2.34. The Bertz CT molecular complexity index is 797. The zero-order chi connectivity index (χ0) is 19.8. The summed E-state index contributed by atoms with van der Waals surface area (Å²) in [5.41, 5.74) is 2.13. The zero-order valence-corrected chi connectivity index (χ0v) is 17.1. The van der Waals surface area contributed by atoms with Gasteiger partial charge in [-0.15, -0.1) is 11.8 Å². The second-order valence-electron chi connectivity index (χ2n) is 6.82. The summed E-state index contributed by atoms with van der Waals surface area (Å²) in [5, 5.41) is 2.93. The van der Waals surface area contributed by atoms with E-state index in [1.807, 2.05) is 54.4 Å². The molecule has 6 heteroatoms. The van der Waals surface area contributed by atoms with Gasteiger partial charge in [0.1, 0.15) is 0 Å². The number of para-hydroxylation sites is 2. The Balaban J connectivity index is 1.36. The molecule has 28 heavy (non-hydrogen) atoms. The van der Waals surface area contributed by atoms with Crippen LogP contribution in [0, 0.1) is 0 Å². The topological polar surface area (TPSA) is 52.7 Å². The zero-order valence-electron chi connectivity index (χ0n) is 16.3. The fourth-order valence-corrected chi connectivity index (χ4v) is 4.22. The summed E-state index contributed by atoms with van der Waals surface area (Å²) in [6.45, 7) is 2.19. The van der Waals surface area contributed by atoms with Crippen molar-refractivity contribution in [1.82, 2.24) is 5.32 Å². The first kappa shape index (κ1) is 20.3. The minimum absolute atomic E-state index is 0.0201.